The second-order valence-corrected chi connectivity index (χ2v) is 8.53. The number of ether oxygens (including phenoxy) is 2. The van der Waals surface area contributed by atoms with Gasteiger partial charge in [-0.3, -0.25) is 4.99 Å². The Hall–Kier alpha value is -0.800. The highest BCUT2D eigenvalue weighted by Crippen LogP contribution is 2.62. The molecule has 4 fully saturated rings. The predicted octanol–water partition coefficient (Wildman–Crippen LogP) is 3.11. The molecule has 2 saturated carbocycles. The molecule has 4 atom stereocenters. The van der Waals surface area contributed by atoms with Gasteiger partial charge in [-0.25, -0.2) is 0 Å². The third-order valence-corrected chi connectivity index (χ3v) is 7.05. The lowest BCUT2D eigenvalue weighted by Crippen LogP contribution is -2.72. The molecule has 0 radical (unpaired) electrons. The molecule has 4 aliphatic rings. The van der Waals surface area contributed by atoms with E-state index in [1.165, 1.54) is 25.7 Å². The van der Waals surface area contributed by atoms with E-state index in [2.05, 4.69) is 10.6 Å². The summed E-state index contributed by atoms with van der Waals surface area (Å²) in [5.74, 6) is 2.58. The van der Waals surface area contributed by atoms with E-state index in [4.69, 9.17) is 18.9 Å². The van der Waals surface area contributed by atoms with Crippen LogP contribution in [-0.2, 0) is 15.9 Å². The van der Waals surface area contributed by atoms with Crippen molar-refractivity contribution in [1.29, 1.82) is 0 Å². The van der Waals surface area contributed by atoms with E-state index in [9.17, 15) is 0 Å². The number of nitrogens with zero attached hydrogens (tertiary/aromatic N) is 1. The van der Waals surface area contributed by atoms with Gasteiger partial charge in [0, 0.05) is 43.6 Å². The van der Waals surface area contributed by atoms with Gasteiger partial charge in [0.25, 0.3) is 0 Å². The zero-order chi connectivity index (χ0) is 18.1. The molecule has 1 aromatic heterocycles. The monoisotopic (exact) mass is 501 g/mol. The van der Waals surface area contributed by atoms with Crippen LogP contribution in [0.25, 0.3) is 0 Å². The summed E-state index contributed by atoms with van der Waals surface area (Å²) in [4.78, 5) is 4.88. The number of hydrogen-bond donors (Lipinski definition) is 2. The number of rotatable bonds is 6. The highest BCUT2D eigenvalue weighted by molar-refractivity contribution is 14.0. The fraction of sp³-hybridized carbons (Fsp3) is 0.762. The van der Waals surface area contributed by atoms with Gasteiger partial charge >= 0.3 is 0 Å². The molecule has 3 heterocycles. The van der Waals surface area contributed by atoms with Crippen LogP contribution in [0.4, 0.5) is 0 Å². The topological polar surface area (TPSA) is 68.0 Å². The molecule has 0 aromatic carbocycles. The minimum Gasteiger partial charge on any atom is -0.469 e. The highest BCUT2D eigenvalue weighted by atomic mass is 127. The number of nitrogens with one attached hydrogen (secondary N) is 2. The Bertz CT molecular complexity index is 656. The van der Waals surface area contributed by atoms with Crippen LogP contribution in [0.5, 0.6) is 0 Å². The normalized spacial score (nSPS) is 32.9. The Morgan fingerprint density at radius 1 is 1.18 bits per heavy atom. The quantitative estimate of drug-likeness (QED) is 0.356. The number of furan rings is 1. The van der Waals surface area contributed by atoms with Crippen molar-refractivity contribution in [3.63, 3.8) is 0 Å². The van der Waals surface area contributed by atoms with E-state index in [-0.39, 0.29) is 30.1 Å². The summed E-state index contributed by atoms with van der Waals surface area (Å²) in [6.07, 6.45) is 10.7. The SMILES string of the molecule is I.c1coc(CCNC(=NCC2CCCO2)NC2C3CCOC3C23CCC3)c1. The van der Waals surface area contributed by atoms with Gasteiger partial charge in [-0.05, 0) is 44.2 Å². The average Bonchev–Trinajstić information content (AvgIpc) is 3.37. The lowest BCUT2D eigenvalue weighted by Gasteiger charge is -2.63. The minimum atomic E-state index is 0. The zero-order valence-corrected chi connectivity index (χ0v) is 18.7. The van der Waals surface area contributed by atoms with Gasteiger partial charge in [-0.1, -0.05) is 6.42 Å². The third kappa shape index (κ3) is 3.81. The van der Waals surface area contributed by atoms with Crippen LogP contribution in [0, 0.1) is 11.3 Å². The number of aliphatic imine (C=N–C) groups is 1. The molecule has 5 rings (SSSR count). The van der Waals surface area contributed by atoms with Crippen molar-refractivity contribution in [3.8, 4) is 0 Å². The summed E-state index contributed by atoms with van der Waals surface area (Å²) < 4.78 is 17.3. The van der Waals surface area contributed by atoms with E-state index in [1.54, 1.807) is 6.26 Å². The molecule has 6 nitrogen and oxygen atoms in total. The van der Waals surface area contributed by atoms with Gasteiger partial charge in [-0.15, -0.1) is 24.0 Å². The van der Waals surface area contributed by atoms with Crippen LogP contribution < -0.4 is 10.6 Å². The molecular weight excluding hydrogens is 469 g/mol. The third-order valence-electron chi connectivity index (χ3n) is 7.05. The van der Waals surface area contributed by atoms with Crippen molar-refractivity contribution >= 4 is 29.9 Å². The average molecular weight is 501 g/mol. The number of guanidine groups is 1. The molecule has 2 aliphatic carbocycles. The van der Waals surface area contributed by atoms with Gasteiger partial charge in [0.1, 0.15) is 5.76 Å². The smallest absolute Gasteiger partial charge is 0.191 e. The van der Waals surface area contributed by atoms with Crippen molar-refractivity contribution in [2.24, 2.45) is 16.3 Å². The molecule has 1 spiro atoms. The van der Waals surface area contributed by atoms with Crippen LogP contribution in [0.1, 0.15) is 44.3 Å². The van der Waals surface area contributed by atoms with Crippen molar-refractivity contribution in [3.05, 3.63) is 24.2 Å². The maximum absolute atomic E-state index is 6.06. The molecule has 1 aromatic rings. The van der Waals surface area contributed by atoms with Gasteiger partial charge in [0.2, 0.25) is 0 Å². The molecule has 4 unspecified atom stereocenters. The first kappa shape index (κ1) is 20.5. The number of halogens is 1. The molecule has 7 heteroatoms. The standard InChI is InChI=1S/C21H31N3O3.HI/c1-4-15(25-11-1)6-10-22-20(23-14-16-5-2-12-26-16)24-18-17-7-13-27-19(17)21(18)8-3-9-21;/h1,4,11,16-19H,2-3,5-10,12-14H2,(H2,22,23,24);1H. The molecule has 2 saturated heterocycles. The second-order valence-electron chi connectivity index (χ2n) is 8.53. The summed E-state index contributed by atoms with van der Waals surface area (Å²) in [6.45, 7) is 3.35. The lowest BCUT2D eigenvalue weighted by atomic mass is 9.46. The van der Waals surface area contributed by atoms with Crippen LogP contribution in [-0.4, -0.2) is 50.5 Å². The molecule has 156 valence electrons. The van der Waals surface area contributed by atoms with Crippen LogP contribution in [0.2, 0.25) is 0 Å². The van der Waals surface area contributed by atoms with Crippen LogP contribution in [0.3, 0.4) is 0 Å². The lowest BCUT2D eigenvalue weighted by molar-refractivity contribution is -0.171. The van der Waals surface area contributed by atoms with E-state index in [0.717, 1.165) is 57.3 Å². The van der Waals surface area contributed by atoms with Gasteiger partial charge < -0.3 is 24.5 Å². The first-order valence-electron chi connectivity index (χ1n) is 10.7. The Labute approximate surface area is 184 Å². The van der Waals surface area contributed by atoms with Gasteiger partial charge in [0.05, 0.1) is 25.0 Å². The van der Waals surface area contributed by atoms with E-state index >= 15 is 0 Å². The predicted molar refractivity (Wildman–Crippen MR) is 118 cm³/mol. The summed E-state index contributed by atoms with van der Waals surface area (Å²) in [7, 11) is 0. The minimum absolute atomic E-state index is 0. The van der Waals surface area contributed by atoms with Crippen molar-refractivity contribution in [1.82, 2.24) is 10.6 Å². The summed E-state index contributed by atoms with van der Waals surface area (Å²) in [5, 5.41) is 7.32. The van der Waals surface area contributed by atoms with Gasteiger partial charge in [-0.2, -0.15) is 0 Å². The van der Waals surface area contributed by atoms with Crippen molar-refractivity contribution in [2.45, 2.75) is 63.2 Å². The molecule has 2 aliphatic heterocycles. The maximum Gasteiger partial charge on any atom is 0.191 e. The number of fused-ring (bicyclic) bond motifs is 2. The molecule has 2 N–H and O–H groups in total. The fourth-order valence-corrected chi connectivity index (χ4v) is 5.50. The van der Waals surface area contributed by atoms with E-state index in [1.807, 2.05) is 12.1 Å². The van der Waals surface area contributed by atoms with Crippen molar-refractivity contribution < 1.29 is 13.9 Å². The highest BCUT2D eigenvalue weighted by Gasteiger charge is 2.66. The first-order chi connectivity index (χ1) is 13.4. The second kappa shape index (κ2) is 8.92. The summed E-state index contributed by atoms with van der Waals surface area (Å²) >= 11 is 0. The fourth-order valence-electron chi connectivity index (χ4n) is 5.50. The Kier molecular flexibility index (Phi) is 6.52. The van der Waals surface area contributed by atoms with Crippen LogP contribution >= 0.6 is 24.0 Å². The molecule has 28 heavy (non-hydrogen) atoms. The summed E-state index contributed by atoms with van der Waals surface area (Å²) in [6, 6.07) is 4.46. The Balaban J connectivity index is 0.00000192. The zero-order valence-electron chi connectivity index (χ0n) is 16.4. The molecular formula is C21H32IN3O3. The molecule has 0 bridgehead atoms. The number of hydrogen-bond acceptors (Lipinski definition) is 4. The maximum atomic E-state index is 6.06. The van der Waals surface area contributed by atoms with Gasteiger partial charge in [0.15, 0.2) is 5.96 Å². The Morgan fingerprint density at radius 2 is 2.11 bits per heavy atom. The largest absolute Gasteiger partial charge is 0.469 e. The first-order valence-corrected chi connectivity index (χ1v) is 10.7. The summed E-state index contributed by atoms with van der Waals surface area (Å²) in [5.41, 5.74) is 0.356. The Morgan fingerprint density at radius 3 is 2.82 bits per heavy atom. The van der Waals surface area contributed by atoms with Crippen LogP contribution in [0.15, 0.2) is 27.8 Å². The van der Waals surface area contributed by atoms with E-state index < -0.39 is 0 Å². The van der Waals surface area contributed by atoms with Crippen molar-refractivity contribution in [2.75, 3.05) is 26.3 Å². The molecule has 0 amide bonds. The van der Waals surface area contributed by atoms with E-state index in [0.29, 0.717) is 23.5 Å².